The normalized spacial score (nSPS) is 10.3. The predicted octanol–water partition coefficient (Wildman–Crippen LogP) is 3.81. The molecular weight excluding hydrogens is 293 g/mol. The molecule has 1 aromatic heterocycles. The van der Waals surface area contributed by atoms with Crippen molar-refractivity contribution < 1.29 is 9.13 Å². The van der Waals surface area contributed by atoms with Gasteiger partial charge in [0, 0.05) is 24.5 Å². The van der Waals surface area contributed by atoms with E-state index in [0.717, 1.165) is 11.4 Å². The Morgan fingerprint density at radius 3 is 2.57 bits per heavy atom. The van der Waals surface area contributed by atoms with Gasteiger partial charge in [0.15, 0.2) is 0 Å². The van der Waals surface area contributed by atoms with Gasteiger partial charge in [-0.05, 0) is 23.8 Å². The summed E-state index contributed by atoms with van der Waals surface area (Å²) in [5.41, 5.74) is 1.63. The van der Waals surface area contributed by atoms with Crippen molar-refractivity contribution in [2.24, 2.45) is 0 Å². The van der Waals surface area contributed by atoms with Gasteiger partial charge in [-0.25, -0.2) is 9.37 Å². The maximum Gasteiger partial charge on any atom is 0.144 e. The highest BCUT2D eigenvalue weighted by Crippen LogP contribution is 2.16. The van der Waals surface area contributed by atoms with Crippen LogP contribution < -0.4 is 10.1 Å². The summed E-state index contributed by atoms with van der Waals surface area (Å²) in [5, 5.41) is 3.18. The number of nitrogens with one attached hydrogen (secondary N) is 1. The summed E-state index contributed by atoms with van der Waals surface area (Å²) in [6, 6.07) is 14.3. The first kappa shape index (κ1) is 15.0. The van der Waals surface area contributed by atoms with Crippen LogP contribution in [0.15, 0.2) is 67.1 Å². The standard InChI is InChI=1S/C18H16FN3O/c19-17-4-2-1-3-15(17)13-23-16-7-5-14(6-8-16)11-22-18-12-20-9-10-21-18/h1-10,12H,11,13H2,(H,21,22). The predicted molar refractivity (Wildman–Crippen MR) is 86.5 cm³/mol. The third-order valence-corrected chi connectivity index (χ3v) is 3.31. The summed E-state index contributed by atoms with van der Waals surface area (Å²) in [6.45, 7) is 0.857. The van der Waals surface area contributed by atoms with Crippen molar-refractivity contribution >= 4 is 5.82 Å². The van der Waals surface area contributed by atoms with E-state index in [9.17, 15) is 4.39 Å². The van der Waals surface area contributed by atoms with Crippen molar-refractivity contribution in [1.82, 2.24) is 9.97 Å². The Labute approximate surface area is 134 Å². The summed E-state index contributed by atoms with van der Waals surface area (Å²) < 4.78 is 19.1. The Hall–Kier alpha value is -2.95. The Kier molecular flexibility index (Phi) is 4.79. The molecule has 2 aromatic carbocycles. The van der Waals surface area contributed by atoms with E-state index in [1.807, 2.05) is 24.3 Å². The van der Waals surface area contributed by atoms with Crippen LogP contribution in [0.4, 0.5) is 10.2 Å². The molecule has 0 aliphatic carbocycles. The maximum absolute atomic E-state index is 13.5. The van der Waals surface area contributed by atoms with Gasteiger partial charge < -0.3 is 10.1 Å². The number of aromatic nitrogens is 2. The van der Waals surface area contributed by atoms with Crippen LogP contribution in [-0.2, 0) is 13.2 Å². The smallest absolute Gasteiger partial charge is 0.144 e. The van der Waals surface area contributed by atoms with Crippen molar-refractivity contribution in [1.29, 1.82) is 0 Å². The summed E-state index contributed by atoms with van der Waals surface area (Å²) in [4.78, 5) is 8.14. The van der Waals surface area contributed by atoms with E-state index in [1.165, 1.54) is 6.07 Å². The molecule has 0 unspecified atom stereocenters. The maximum atomic E-state index is 13.5. The molecule has 0 aliphatic rings. The first-order valence-electron chi connectivity index (χ1n) is 7.26. The molecule has 1 N–H and O–H groups in total. The quantitative estimate of drug-likeness (QED) is 0.752. The topological polar surface area (TPSA) is 47.0 Å². The molecule has 4 nitrogen and oxygen atoms in total. The first-order valence-corrected chi connectivity index (χ1v) is 7.26. The van der Waals surface area contributed by atoms with Crippen molar-refractivity contribution in [3.05, 3.63) is 84.1 Å². The summed E-state index contributed by atoms with van der Waals surface area (Å²) in [5.74, 6) is 1.18. The van der Waals surface area contributed by atoms with E-state index in [0.29, 0.717) is 17.9 Å². The zero-order valence-electron chi connectivity index (χ0n) is 12.4. The summed E-state index contributed by atoms with van der Waals surface area (Å²) >= 11 is 0. The van der Waals surface area contributed by atoms with Gasteiger partial charge >= 0.3 is 0 Å². The van der Waals surface area contributed by atoms with Crippen molar-refractivity contribution in [2.45, 2.75) is 13.2 Å². The lowest BCUT2D eigenvalue weighted by molar-refractivity contribution is 0.300. The van der Waals surface area contributed by atoms with Gasteiger partial charge in [-0.1, -0.05) is 30.3 Å². The lowest BCUT2D eigenvalue weighted by Gasteiger charge is -2.09. The Morgan fingerprint density at radius 1 is 1.00 bits per heavy atom. The number of rotatable bonds is 6. The number of hydrogen-bond acceptors (Lipinski definition) is 4. The Balaban J connectivity index is 1.54. The molecule has 23 heavy (non-hydrogen) atoms. The van der Waals surface area contributed by atoms with Gasteiger partial charge in [0.1, 0.15) is 24.0 Å². The number of benzene rings is 2. The molecule has 0 spiro atoms. The average molecular weight is 309 g/mol. The molecule has 5 heteroatoms. The second-order valence-electron chi connectivity index (χ2n) is 4.97. The van der Waals surface area contributed by atoms with Crippen LogP contribution in [0, 0.1) is 5.82 Å². The molecule has 0 saturated heterocycles. The van der Waals surface area contributed by atoms with Crippen LogP contribution in [0.5, 0.6) is 5.75 Å². The van der Waals surface area contributed by atoms with Crippen LogP contribution >= 0.6 is 0 Å². The van der Waals surface area contributed by atoms with Crippen LogP contribution in [0.1, 0.15) is 11.1 Å². The lowest BCUT2D eigenvalue weighted by atomic mass is 10.2. The Morgan fingerprint density at radius 2 is 1.83 bits per heavy atom. The van der Waals surface area contributed by atoms with E-state index in [1.54, 1.807) is 36.8 Å². The zero-order chi connectivity index (χ0) is 15.9. The van der Waals surface area contributed by atoms with E-state index < -0.39 is 0 Å². The Bertz CT molecular complexity index is 748. The summed E-state index contributed by atoms with van der Waals surface area (Å²) in [6.07, 6.45) is 4.95. The lowest BCUT2D eigenvalue weighted by Crippen LogP contribution is -2.02. The number of anilines is 1. The molecule has 0 amide bonds. The largest absolute Gasteiger partial charge is 0.489 e. The minimum absolute atomic E-state index is 0.212. The van der Waals surface area contributed by atoms with Crippen molar-refractivity contribution in [2.75, 3.05) is 5.32 Å². The van der Waals surface area contributed by atoms with Gasteiger partial charge in [0.25, 0.3) is 0 Å². The minimum Gasteiger partial charge on any atom is -0.489 e. The monoisotopic (exact) mass is 309 g/mol. The fraction of sp³-hybridized carbons (Fsp3) is 0.111. The van der Waals surface area contributed by atoms with E-state index >= 15 is 0 Å². The van der Waals surface area contributed by atoms with Crippen LogP contribution in [0.2, 0.25) is 0 Å². The highest BCUT2D eigenvalue weighted by atomic mass is 19.1. The third kappa shape index (κ3) is 4.26. The molecule has 0 fully saturated rings. The van der Waals surface area contributed by atoms with Gasteiger partial charge in [-0.2, -0.15) is 0 Å². The van der Waals surface area contributed by atoms with Crippen molar-refractivity contribution in [3.8, 4) is 5.75 Å². The van der Waals surface area contributed by atoms with E-state index in [-0.39, 0.29) is 12.4 Å². The third-order valence-electron chi connectivity index (χ3n) is 3.31. The highest BCUT2D eigenvalue weighted by Gasteiger charge is 2.02. The van der Waals surface area contributed by atoms with E-state index in [2.05, 4.69) is 15.3 Å². The number of hydrogen-bond donors (Lipinski definition) is 1. The van der Waals surface area contributed by atoms with Crippen LogP contribution in [0.3, 0.4) is 0 Å². The van der Waals surface area contributed by atoms with Crippen molar-refractivity contribution in [3.63, 3.8) is 0 Å². The molecule has 3 aromatic rings. The average Bonchev–Trinajstić information content (AvgIpc) is 2.61. The molecule has 0 aliphatic heterocycles. The number of nitrogens with zero attached hydrogens (tertiary/aromatic N) is 2. The van der Waals surface area contributed by atoms with E-state index in [4.69, 9.17) is 4.74 Å². The fourth-order valence-corrected chi connectivity index (χ4v) is 2.06. The molecule has 116 valence electrons. The molecule has 0 atom stereocenters. The fourth-order valence-electron chi connectivity index (χ4n) is 2.06. The molecular formula is C18H16FN3O. The second-order valence-corrected chi connectivity index (χ2v) is 4.97. The highest BCUT2D eigenvalue weighted by molar-refractivity contribution is 5.34. The van der Waals surface area contributed by atoms with Gasteiger partial charge in [-0.15, -0.1) is 0 Å². The van der Waals surface area contributed by atoms with Gasteiger partial charge in [0.2, 0.25) is 0 Å². The summed E-state index contributed by atoms with van der Waals surface area (Å²) in [7, 11) is 0. The van der Waals surface area contributed by atoms with Gasteiger partial charge in [0.05, 0.1) is 6.20 Å². The van der Waals surface area contributed by atoms with Crippen LogP contribution in [-0.4, -0.2) is 9.97 Å². The van der Waals surface area contributed by atoms with Gasteiger partial charge in [-0.3, -0.25) is 4.98 Å². The molecule has 3 rings (SSSR count). The zero-order valence-corrected chi connectivity index (χ0v) is 12.4. The second kappa shape index (κ2) is 7.35. The molecule has 0 radical (unpaired) electrons. The SMILES string of the molecule is Fc1ccccc1COc1ccc(CNc2cnccn2)cc1. The molecule has 0 saturated carbocycles. The number of halogens is 1. The minimum atomic E-state index is -0.253. The first-order chi connectivity index (χ1) is 11.3. The molecule has 1 heterocycles. The van der Waals surface area contributed by atoms with Crippen LogP contribution in [0.25, 0.3) is 0 Å². The number of ether oxygens (including phenoxy) is 1. The molecule has 0 bridgehead atoms.